The molecule has 0 heterocycles. The van der Waals surface area contributed by atoms with Crippen molar-refractivity contribution < 1.29 is 49.4 Å². The van der Waals surface area contributed by atoms with Crippen LogP contribution in [0, 0.1) is 20.0 Å². The summed E-state index contributed by atoms with van der Waals surface area (Å²) in [6.45, 7) is 12.9. The second kappa shape index (κ2) is 39.6. The number of aliphatic carboxylic acids is 1. The van der Waals surface area contributed by atoms with Crippen molar-refractivity contribution >= 4 is 5.97 Å². The molecule has 1 radical (unpaired) electrons. The fraction of sp³-hybridized carbons (Fsp3) is 0.333. The number of rotatable bonds is 2. The van der Waals surface area contributed by atoms with Crippen LogP contribution in [0.5, 0.6) is 0 Å². The standard InChI is InChI=1S/C3H6NO3.3CO.Re/c4-2(1-5)3(6)7;3*1-2;/h2,4-5H,1H2,(H,6,7);;;;/q-1;;;;/t2-;;;;/m0..../s1. The van der Waals surface area contributed by atoms with Crippen molar-refractivity contribution in [3.05, 3.63) is 25.7 Å². The molecule has 0 aromatic rings. The molecule has 0 unspecified atom stereocenters. The molecule has 1 atom stereocenters. The summed E-state index contributed by atoms with van der Waals surface area (Å²) >= 11 is 0. The van der Waals surface area contributed by atoms with E-state index in [2.05, 4.69) is 20.0 Å². The van der Waals surface area contributed by atoms with Gasteiger partial charge in [0.2, 0.25) is 0 Å². The fourth-order valence-corrected chi connectivity index (χ4v) is 0.0781. The van der Waals surface area contributed by atoms with Gasteiger partial charge < -0.3 is 15.9 Å². The molecule has 0 spiro atoms. The van der Waals surface area contributed by atoms with Gasteiger partial charge in [-0.3, -0.25) is 4.79 Å². The van der Waals surface area contributed by atoms with Gasteiger partial charge in [0, 0.05) is 27.0 Å². The van der Waals surface area contributed by atoms with E-state index in [0.717, 1.165) is 0 Å². The molecular formula is C6H6NO6Re-. The monoisotopic (exact) mass is 375 g/mol. The van der Waals surface area contributed by atoms with Crippen LogP contribution in [-0.4, -0.2) is 28.8 Å². The summed E-state index contributed by atoms with van der Waals surface area (Å²) in [5.74, 6) is -1.29. The molecule has 7 nitrogen and oxygen atoms in total. The van der Waals surface area contributed by atoms with Gasteiger partial charge in [-0.15, -0.1) is 0 Å². The molecule has 0 aromatic heterocycles. The van der Waals surface area contributed by atoms with Gasteiger partial charge in [0.15, 0.2) is 0 Å². The smallest absolute Gasteiger partial charge is 0.287 e. The Hall–Kier alpha value is -0.728. The quantitative estimate of drug-likeness (QED) is 0.491. The van der Waals surface area contributed by atoms with Crippen LogP contribution in [0.3, 0.4) is 0 Å². The molecule has 0 bridgehead atoms. The Labute approximate surface area is 94.1 Å². The van der Waals surface area contributed by atoms with Crippen molar-refractivity contribution in [2.24, 2.45) is 0 Å². The van der Waals surface area contributed by atoms with E-state index in [4.69, 9.17) is 29.9 Å². The number of aliphatic hydroxyl groups is 1. The van der Waals surface area contributed by atoms with Crippen molar-refractivity contribution in [2.75, 3.05) is 6.61 Å². The number of hydrogen-bond acceptors (Lipinski definition) is 2. The van der Waals surface area contributed by atoms with Crippen LogP contribution in [0.4, 0.5) is 0 Å². The van der Waals surface area contributed by atoms with Crippen LogP contribution in [0.25, 0.3) is 5.73 Å². The molecule has 0 saturated carbocycles. The van der Waals surface area contributed by atoms with Gasteiger partial charge in [-0.2, -0.15) is 0 Å². The van der Waals surface area contributed by atoms with Gasteiger partial charge in [-0.1, -0.05) is 0 Å². The first-order valence-corrected chi connectivity index (χ1v) is 2.34. The molecule has 14 heavy (non-hydrogen) atoms. The Morgan fingerprint density at radius 3 is 1.43 bits per heavy atom. The number of carboxylic acid groups (broad SMARTS) is 1. The Morgan fingerprint density at radius 2 is 1.43 bits per heavy atom. The molecule has 0 aromatic carbocycles. The van der Waals surface area contributed by atoms with E-state index in [0.29, 0.717) is 0 Å². The summed E-state index contributed by atoms with van der Waals surface area (Å²) in [6.07, 6.45) is 0. The predicted octanol–water partition coefficient (Wildman–Crippen LogP) is -0.631. The number of hydrogen-bond donors (Lipinski definition) is 2. The topological polar surface area (TPSA) is 141 Å². The van der Waals surface area contributed by atoms with Gasteiger partial charge in [0.1, 0.15) is 0 Å². The van der Waals surface area contributed by atoms with Crippen molar-refractivity contribution in [3.63, 3.8) is 0 Å². The normalized spacial score (nSPS) is 7.14. The Kier molecular flexibility index (Phi) is 82.7. The minimum absolute atomic E-state index is 0. The Morgan fingerprint density at radius 1 is 1.21 bits per heavy atom. The summed E-state index contributed by atoms with van der Waals surface area (Å²) in [5, 5.41) is 15.8. The van der Waals surface area contributed by atoms with Gasteiger partial charge >= 0.3 is 33.9 Å². The maximum absolute atomic E-state index is 9.58. The summed E-state index contributed by atoms with van der Waals surface area (Å²) in [7, 11) is 0. The maximum Gasteiger partial charge on any atom is 0.287 e. The zero-order chi connectivity index (χ0) is 11.9. The summed E-state index contributed by atoms with van der Waals surface area (Å²) in [4.78, 5) is 9.58. The third-order valence-corrected chi connectivity index (χ3v) is 0.481. The molecular weight excluding hydrogens is 368 g/mol. The van der Waals surface area contributed by atoms with E-state index in [1.165, 1.54) is 0 Å². The average molecular weight is 374 g/mol. The third kappa shape index (κ3) is 42.8. The molecule has 0 amide bonds. The summed E-state index contributed by atoms with van der Waals surface area (Å²) in [6, 6.07) is -1.38. The number of nitrogens with one attached hydrogen (secondary N) is 1. The molecule has 3 N–H and O–H groups in total. The zero-order valence-electron chi connectivity index (χ0n) is 6.69. The van der Waals surface area contributed by atoms with Crippen LogP contribution in [0.1, 0.15) is 0 Å². The first-order valence-electron chi connectivity index (χ1n) is 2.34. The molecule has 0 aliphatic heterocycles. The summed E-state index contributed by atoms with van der Waals surface area (Å²) in [5.41, 5.74) is 6.43. The first kappa shape index (κ1) is 29.2. The van der Waals surface area contributed by atoms with Crippen LogP contribution in [0.2, 0.25) is 0 Å². The third-order valence-electron chi connectivity index (χ3n) is 0.481. The van der Waals surface area contributed by atoms with Crippen molar-refractivity contribution in [1.82, 2.24) is 0 Å². The molecule has 0 fully saturated rings. The van der Waals surface area contributed by atoms with Gasteiger partial charge in [0.05, 0.1) is 0 Å². The van der Waals surface area contributed by atoms with Gasteiger partial charge in [-0.05, 0) is 6.04 Å². The van der Waals surface area contributed by atoms with E-state index >= 15 is 0 Å². The van der Waals surface area contributed by atoms with Gasteiger partial charge in [-0.25, -0.2) is 0 Å². The van der Waals surface area contributed by atoms with Crippen LogP contribution in [0.15, 0.2) is 0 Å². The van der Waals surface area contributed by atoms with Crippen molar-refractivity contribution in [2.45, 2.75) is 6.04 Å². The van der Waals surface area contributed by atoms with E-state index in [-0.39, 0.29) is 20.4 Å². The van der Waals surface area contributed by atoms with E-state index in [1.54, 1.807) is 0 Å². The summed E-state index contributed by atoms with van der Waals surface area (Å²) < 4.78 is 22.5. The maximum atomic E-state index is 9.58. The van der Waals surface area contributed by atoms with Crippen molar-refractivity contribution in [1.29, 1.82) is 0 Å². The second-order valence-corrected chi connectivity index (χ2v) is 1.07. The predicted molar refractivity (Wildman–Crippen MR) is 34.6 cm³/mol. The minimum Gasteiger partial charge on any atom is -0.663 e. The molecule has 8 heteroatoms. The molecule has 79 valence electrons. The minimum atomic E-state index is -1.38. The van der Waals surface area contributed by atoms with Crippen LogP contribution < -0.4 is 0 Å². The largest absolute Gasteiger partial charge is 0.663 e. The van der Waals surface area contributed by atoms with E-state index < -0.39 is 18.6 Å². The second-order valence-electron chi connectivity index (χ2n) is 1.07. The van der Waals surface area contributed by atoms with Crippen LogP contribution in [-0.2, 0) is 39.2 Å². The first-order chi connectivity index (χ1) is 6.18. The number of carbonyl (C=O) groups is 1. The Balaban J connectivity index is -0.0000000332. The van der Waals surface area contributed by atoms with Gasteiger partial charge in [0.25, 0.3) is 5.97 Å². The SMILES string of the molecule is [C-]#[O+].[C-]#[O+].[C-]#[O+].[NH-][C@@H](CO)C(=O)O.[Re]. The molecule has 0 aliphatic rings. The Bertz CT molecular complexity index is 151. The fourth-order valence-electron chi connectivity index (χ4n) is 0.0781. The van der Waals surface area contributed by atoms with E-state index in [1.807, 2.05) is 0 Å². The molecule has 0 rings (SSSR count). The molecule has 0 aliphatic carbocycles. The van der Waals surface area contributed by atoms with E-state index in [9.17, 15) is 4.79 Å². The average Bonchev–Trinajstić information content (AvgIpc) is 2.25. The van der Waals surface area contributed by atoms with Crippen LogP contribution >= 0.6 is 0 Å². The number of aliphatic hydroxyl groups excluding tert-OH is 1. The zero-order valence-corrected chi connectivity index (χ0v) is 9.41. The molecule has 0 saturated heterocycles. The number of carboxylic acids is 1. The van der Waals surface area contributed by atoms with Crippen molar-refractivity contribution in [3.8, 4) is 0 Å².